The third-order valence-electron chi connectivity index (χ3n) is 1.74. The van der Waals surface area contributed by atoms with E-state index in [4.69, 9.17) is 28.5 Å². The smallest absolute Gasteiger partial charge is 0.114 e. The van der Waals surface area contributed by atoms with Gasteiger partial charge in [-0.25, -0.2) is 0 Å². The average Bonchev–Trinajstić information content (AvgIpc) is 2.26. The summed E-state index contributed by atoms with van der Waals surface area (Å²) < 4.78 is 0. The van der Waals surface area contributed by atoms with Gasteiger partial charge in [-0.3, -0.25) is 0 Å². The first-order chi connectivity index (χ1) is 7.17. The van der Waals surface area contributed by atoms with Gasteiger partial charge < -0.3 is 5.73 Å². The monoisotopic (exact) mass is 213 g/mol. The zero-order valence-corrected chi connectivity index (χ0v) is 8.58. The number of rotatable bonds is 2. The van der Waals surface area contributed by atoms with Crippen molar-refractivity contribution in [3.05, 3.63) is 41.0 Å². The van der Waals surface area contributed by atoms with E-state index in [0.717, 1.165) is 5.56 Å². The lowest BCUT2D eigenvalue weighted by Crippen LogP contribution is -2.09. The van der Waals surface area contributed by atoms with Gasteiger partial charge in [-0.1, -0.05) is 24.4 Å². The molecule has 72 valence electrons. The molecule has 0 spiro atoms. The third-order valence-corrected chi connectivity index (χ3v) is 1.96. The molecule has 0 aliphatic rings. The summed E-state index contributed by atoms with van der Waals surface area (Å²) in [5.41, 5.74) is 6.96. The molecule has 3 nitrogen and oxygen atoms in total. The summed E-state index contributed by atoms with van der Waals surface area (Å²) in [4.78, 5) is 0.0712. The van der Waals surface area contributed by atoms with Gasteiger partial charge in [-0.15, -0.1) is 0 Å². The van der Waals surface area contributed by atoms with Crippen molar-refractivity contribution in [3.8, 4) is 12.1 Å². The Bertz CT molecular complexity index is 486. The highest BCUT2D eigenvalue weighted by Gasteiger charge is 1.99. The molecule has 1 aromatic carbocycles. The van der Waals surface area contributed by atoms with E-state index in [-0.39, 0.29) is 10.6 Å². The maximum absolute atomic E-state index is 8.72. The summed E-state index contributed by atoms with van der Waals surface area (Å²) in [7, 11) is 0. The van der Waals surface area contributed by atoms with Crippen molar-refractivity contribution in [2.45, 2.75) is 0 Å². The Kier molecular flexibility index (Phi) is 3.56. The molecule has 0 fully saturated rings. The lowest BCUT2D eigenvalue weighted by atomic mass is 10.1. The Morgan fingerprint density at radius 2 is 1.87 bits per heavy atom. The molecule has 0 aliphatic heterocycles. The van der Waals surface area contributed by atoms with Crippen molar-refractivity contribution < 1.29 is 0 Å². The van der Waals surface area contributed by atoms with Crippen LogP contribution < -0.4 is 5.73 Å². The Hall–Kier alpha value is -2.17. The van der Waals surface area contributed by atoms with Crippen molar-refractivity contribution >= 4 is 23.3 Å². The minimum Gasteiger partial charge on any atom is -0.389 e. The highest BCUT2D eigenvalue weighted by molar-refractivity contribution is 7.80. The van der Waals surface area contributed by atoms with Crippen LogP contribution in [0.5, 0.6) is 0 Å². The molecular weight excluding hydrogens is 206 g/mol. The lowest BCUT2D eigenvalue weighted by Gasteiger charge is -1.96. The van der Waals surface area contributed by atoms with Gasteiger partial charge in [0.2, 0.25) is 0 Å². The maximum atomic E-state index is 8.72. The van der Waals surface area contributed by atoms with Gasteiger partial charge in [-0.05, 0) is 23.8 Å². The quantitative estimate of drug-likeness (QED) is 0.461. The van der Waals surface area contributed by atoms with Crippen LogP contribution in [0.2, 0.25) is 0 Å². The molecule has 1 aromatic rings. The molecule has 15 heavy (non-hydrogen) atoms. The number of nitrogens with two attached hydrogens (primary N) is 1. The second-order valence-corrected chi connectivity index (χ2v) is 3.21. The van der Waals surface area contributed by atoms with Crippen LogP contribution in [0.15, 0.2) is 29.8 Å². The van der Waals surface area contributed by atoms with E-state index in [2.05, 4.69) is 0 Å². The van der Waals surface area contributed by atoms with Gasteiger partial charge in [0.25, 0.3) is 0 Å². The molecule has 0 aliphatic carbocycles. The van der Waals surface area contributed by atoms with Crippen LogP contribution >= 0.6 is 12.2 Å². The fourth-order valence-corrected chi connectivity index (χ4v) is 1.08. The average molecular weight is 213 g/mol. The topological polar surface area (TPSA) is 73.6 Å². The number of hydrogen-bond acceptors (Lipinski definition) is 3. The van der Waals surface area contributed by atoms with Gasteiger partial charge in [0.15, 0.2) is 0 Å². The SMILES string of the molecule is N#C/C(=C\c1ccc(C#N)cc1)C(N)=S. The second kappa shape index (κ2) is 4.90. The van der Waals surface area contributed by atoms with Gasteiger partial charge in [0.05, 0.1) is 17.2 Å². The van der Waals surface area contributed by atoms with Crippen LogP contribution in [0.3, 0.4) is 0 Å². The first kappa shape index (κ1) is 10.9. The lowest BCUT2D eigenvalue weighted by molar-refractivity contribution is 1.48. The van der Waals surface area contributed by atoms with E-state index in [1.54, 1.807) is 30.3 Å². The summed E-state index contributed by atoms with van der Waals surface area (Å²) in [6, 6.07) is 10.7. The largest absolute Gasteiger partial charge is 0.389 e. The summed E-state index contributed by atoms with van der Waals surface area (Å²) in [6.45, 7) is 0. The van der Waals surface area contributed by atoms with E-state index in [1.165, 1.54) is 0 Å². The minimum absolute atomic E-state index is 0.0712. The van der Waals surface area contributed by atoms with Gasteiger partial charge in [0.1, 0.15) is 11.1 Å². The predicted molar refractivity (Wildman–Crippen MR) is 61.5 cm³/mol. The van der Waals surface area contributed by atoms with Gasteiger partial charge in [0, 0.05) is 0 Å². The molecule has 0 saturated heterocycles. The van der Waals surface area contributed by atoms with E-state index >= 15 is 0 Å². The van der Waals surface area contributed by atoms with Crippen LogP contribution in [0.1, 0.15) is 11.1 Å². The van der Waals surface area contributed by atoms with Crippen LogP contribution in [-0.4, -0.2) is 4.99 Å². The highest BCUT2D eigenvalue weighted by atomic mass is 32.1. The van der Waals surface area contributed by atoms with E-state index in [0.29, 0.717) is 5.56 Å². The van der Waals surface area contributed by atoms with Crippen molar-refractivity contribution in [1.82, 2.24) is 0 Å². The standard InChI is InChI=1S/C11H7N3S/c12-6-9-3-1-8(2-4-9)5-10(7-13)11(14)15/h1-5H,(H2,14,15)/b10-5+. The molecule has 1 rings (SSSR count). The maximum Gasteiger partial charge on any atom is 0.114 e. The molecule has 0 atom stereocenters. The van der Waals surface area contributed by atoms with Crippen LogP contribution in [0.25, 0.3) is 6.08 Å². The first-order valence-corrected chi connectivity index (χ1v) is 4.50. The molecule has 0 bridgehead atoms. The normalized spacial score (nSPS) is 10.1. The number of benzene rings is 1. The number of nitriles is 2. The number of nitrogens with zero attached hydrogens (tertiary/aromatic N) is 2. The Labute approximate surface area is 93.1 Å². The summed E-state index contributed by atoms with van der Waals surface area (Å²) in [5.74, 6) is 0. The molecule has 4 heteroatoms. The zero-order valence-electron chi connectivity index (χ0n) is 7.77. The molecule has 0 amide bonds. The second-order valence-electron chi connectivity index (χ2n) is 2.77. The fraction of sp³-hybridized carbons (Fsp3) is 0. The van der Waals surface area contributed by atoms with E-state index < -0.39 is 0 Å². The summed E-state index contributed by atoms with van der Waals surface area (Å²) >= 11 is 4.70. The molecule has 0 saturated carbocycles. The molecule has 0 radical (unpaired) electrons. The first-order valence-electron chi connectivity index (χ1n) is 4.09. The molecular formula is C11H7N3S. The van der Waals surface area contributed by atoms with Crippen molar-refractivity contribution in [2.75, 3.05) is 0 Å². The van der Waals surface area contributed by atoms with Crippen LogP contribution in [0, 0.1) is 22.7 Å². The van der Waals surface area contributed by atoms with Crippen LogP contribution in [-0.2, 0) is 0 Å². The molecule has 0 aromatic heterocycles. The number of hydrogen-bond donors (Lipinski definition) is 1. The van der Waals surface area contributed by atoms with E-state index in [1.807, 2.05) is 12.1 Å². The van der Waals surface area contributed by atoms with E-state index in [9.17, 15) is 0 Å². The fourth-order valence-electron chi connectivity index (χ4n) is 0.979. The molecule has 0 unspecified atom stereocenters. The van der Waals surface area contributed by atoms with Crippen molar-refractivity contribution in [3.63, 3.8) is 0 Å². The van der Waals surface area contributed by atoms with Gasteiger partial charge in [-0.2, -0.15) is 10.5 Å². The molecule has 0 heterocycles. The van der Waals surface area contributed by atoms with Crippen molar-refractivity contribution in [2.24, 2.45) is 5.73 Å². The minimum atomic E-state index is 0.0712. The number of thiocarbonyl (C=S) groups is 1. The predicted octanol–water partition coefficient (Wildman–Crippen LogP) is 1.75. The zero-order chi connectivity index (χ0) is 11.3. The van der Waals surface area contributed by atoms with Gasteiger partial charge >= 0.3 is 0 Å². The summed E-state index contributed by atoms with van der Waals surface area (Å²) in [5, 5.41) is 17.3. The van der Waals surface area contributed by atoms with Crippen LogP contribution in [0.4, 0.5) is 0 Å². The summed E-state index contributed by atoms with van der Waals surface area (Å²) in [6.07, 6.45) is 1.59. The Balaban J connectivity index is 3.05. The van der Waals surface area contributed by atoms with Crippen molar-refractivity contribution in [1.29, 1.82) is 10.5 Å². The Morgan fingerprint density at radius 1 is 1.27 bits per heavy atom. The third kappa shape index (κ3) is 2.91. The Morgan fingerprint density at radius 3 is 2.27 bits per heavy atom. The molecule has 2 N–H and O–H groups in total. The highest BCUT2D eigenvalue weighted by Crippen LogP contribution is 2.08.